The van der Waals surface area contributed by atoms with Gasteiger partial charge in [0.15, 0.2) is 0 Å². The van der Waals surface area contributed by atoms with Crippen LogP contribution in [-0.2, 0) is 20.7 Å². The first-order valence-corrected chi connectivity index (χ1v) is 16.8. The highest BCUT2D eigenvalue weighted by Crippen LogP contribution is 2.38. The van der Waals surface area contributed by atoms with Gasteiger partial charge in [-0.25, -0.2) is 0 Å². The standard InChI is InChI=1S/C27H41N5O3S.C8H8O/c1-17(28)29-15-6-5-10-23(33)31-21-13-11-19(12-14-21)16-22(24(34)20-8-7-9-20)32-26(35)25-27(3,4)36-18(2)30-25;1-2-4-7(5-3-1)8-6-9-8/h11-14,18,22,25,29-30,34H,1,5-10,15-16,28H2,2-4H3,(H,31,33)(H,32,35);1-5,8H,6H2. The van der Waals surface area contributed by atoms with Crippen molar-refractivity contribution in [2.24, 2.45) is 5.73 Å². The van der Waals surface area contributed by atoms with Crippen molar-refractivity contribution in [1.82, 2.24) is 16.0 Å². The summed E-state index contributed by atoms with van der Waals surface area (Å²) in [4.78, 5) is 25.4. The van der Waals surface area contributed by atoms with E-state index in [0.717, 1.165) is 55.5 Å². The lowest BCUT2D eigenvalue weighted by Crippen LogP contribution is -2.53. The molecule has 1 saturated carbocycles. The summed E-state index contributed by atoms with van der Waals surface area (Å²) < 4.78 is 4.86. The smallest absolute Gasteiger partial charge is 0.239 e. The molecule has 2 aromatic carbocycles. The molecule has 2 amide bonds. The number of anilines is 1. The third-order valence-corrected chi connectivity index (χ3v) is 9.50. The number of aliphatic hydroxyl groups excluding tert-OH is 1. The molecule has 0 radical (unpaired) electrons. The average molecular weight is 636 g/mol. The van der Waals surface area contributed by atoms with E-state index < -0.39 is 6.04 Å². The molecule has 3 aliphatic rings. The Balaban J connectivity index is 0.000000432. The zero-order valence-electron chi connectivity index (χ0n) is 26.7. The molecule has 4 unspecified atom stereocenters. The molecule has 2 aliphatic heterocycles. The van der Waals surface area contributed by atoms with Gasteiger partial charge in [0, 0.05) is 23.4 Å². The summed E-state index contributed by atoms with van der Waals surface area (Å²) >= 11 is 1.74. The van der Waals surface area contributed by atoms with Crippen molar-refractivity contribution in [3.05, 3.63) is 89.5 Å². The Labute approximate surface area is 271 Å². The summed E-state index contributed by atoms with van der Waals surface area (Å²) in [5.74, 6) is 0.594. The highest BCUT2D eigenvalue weighted by atomic mass is 32.2. The number of amides is 2. The highest BCUT2D eigenvalue weighted by molar-refractivity contribution is 8.01. The second-order valence-electron chi connectivity index (χ2n) is 12.5. The fourth-order valence-corrected chi connectivity index (χ4v) is 6.89. The molecular weight excluding hydrogens is 586 g/mol. The summed E-state index contributed by atoms with van der Waals surface area (Å²) in [6.45, 7) is 11.4. The van der Waals surface area contributed by atoms with Gasteiger partial charge in [0.2, 0.25) is 11.8 Å². The van der Waals surface area contributed by atoms with Crippen LogP contribution in [-0.4, -0.2) is 52.3 Å². The average Bonchev–Trinajstić information content (AvgIpc) is 3.77. The summed E-state index contributed by atoms with van der Waals surface area (Å²) in [5.41, 5.74) is 9.49. The molecule has 9 nitrogen and oxygen atoms in total. The third kappa shape index (κ3) is 10.8. The molecule has 0 bridgehead atoms. The van der Waals surface area contributed by atoms with Crippen molar-refractivity contribution in [3.63, 3.8) is 0 Å². The van der Waals surface area contributed by atoms with Crippen molar-refractivity contribution < 1.29 is 19.4 Å². The number of aliphatic hydroxyl groups is 1. The van der Waals surface area contributed by atoms with Gasteiger partial charge in [0.05, 0.1) is 23.8 Å². The number of allylic oxidation sites excluding steroid dienone is 1. The SMILES string of the molecule is C=C(N)NCCCCC(=O)Nc1ccc(CC(NC(=O)C2NC(C)SC2(C)C)C(O)=C2CCC2)cc1.c1ccc(C2CO2)cc1. The second-order valence-corrected chi connectivity index (χ2v) is 14.5. The summed E-state index contributed by atoms with van der Waals surface area (Å²) in [5, 5.41) is 23.5. The maximum Gasteiger partial charge on any atom is 0.239 e. The van der Waals surface area contributed by atoms with E-state index in [1.165, 1.54) is 5.56 Å². The Bertz CT molecular complexity index is 1320. The van der Waals surface area contributed by atoms with Crippen LogP contribution in [0.2, 0.25) is 0 Å². The van der Waals surface area contributed by atoms with E-state index in [0.29, 0.717) is 31.3 Å². The molecule has 7 N–H and O–H groups in total. The van der Waals surface area contributed by atoms with E-state index in [-0.39, 0.29) is 33.7 Å². The van der Waals surface area contributed by atoms with Crippen molar-refractivity contribution in [2.75, 3.05) is 18.5 Å². The summed E-state index contributed by atoms with van der Waals surface area (Å²) in [6, 6.07) is 17.1. The number of hydrogen-bond acceptors (Lipinski definition) is 8. The maximum atomic E-state index is 13.2. The van der Waals surface area contributed by atoms with E-state index in [2.05, 4.69) is 60.8 Å². The van der Waals surface area contributed by atoms with Gasteiger partial charge in [0.25, 0.3) is 0 Å². The van der Waals surface area contributed by atoms with Gasteiger partial charge >= 0.3 is 0 Å². The van der Waals surface area contributed by atoms with Gasteiger partial charge in [-0.1, -0.05) is 49.0 Å². The Morgan fingerprint density at radius 3 is 2.38 bits per heavy atom. The summed E-state index contributed by atoms with van der Waals surface area (Å²) in [7, 11) is 0. The van der Waals surface area contributed by atoms with Crippen LogP contribution in [0.15, 0.2) is 78.3 Å². The van der Waals surface area contributed by atoms with Crippen LogP contribution in [0.3, 0.4) is 0 Å². The lowest BCUT2D eigenvalue weighted by atomic mass is 9.88. The van der Waals surface area contributed by atoms with E-state index in [1.54, 1.807) is 11.8 Å². The molecule has 5 rings (SSSR count). The lowest BCUT2D eigenvalue weighted by Gasteiger charge is -2.29. The van der Waals surface area contributed by atoms with Crippen LogP contribution in [0.25, 0.3) is 0 Å². The molecule has 45 heavy (non-hydrogen) atoms. The predicted molar refractivity (Wildman–Crippen MR) is 183 cm³/mol. The third-order valence-electron chi connectivity index (χ3n) is 8.17. The lowest BCUT2D eigenvalue weighted by molar-refractivity contribution is -0.124. The van der Waals surface area contributed by atoms with Crippen molar-refractivity contribution in [1.29, 1.82) is 0 Å². The predicted octanol–water partition coefficient (Wildman–Crippen LogP) is 5.43. The normalized spacial score (nSPS) is 21.8. The van der Waals surface area contributed by atoms with Crippen molar-refractivity contribution in [2.45, 2.75) is 94.0 Å². The molecule has 10 heteroatoms. The molecule has 0 spiro atoms. The topological polar surface area (TPSA) is 141 Å². The number of benzene rings is 2. The molecule has 4 atom stereocenters. The van der Waals surface area contributed by atoms with Crippen LogP contribution in [0, 0.1) is 0 Å². The van der Waals surface area contributed by atoms with Gasteiger partial charge in [-0.3, -0.25) is 14.9 Å². The monoisotopic (exact) mass is 635 g/mol. The zero-order valence-corrected chi connectivity index (χ0v) is 27.6. The Kier molecular flexibility index (Phi) is 12.4. The van der Waals surface area contributed by atoms with E-state index in [4.69, 9.17) is 10.5 Å². The van der Waals surface area contributed by atoms with Crippen LogP contribution in [0.4, 0.5) is 5.69 Å². The van der Waals surface area contributed by atoms with Crippen molar-refractivity contribution in [3.8, 4) is 0 Å². The molecule has 2 saturated heterocycles. The first-order chi connectivity index (χ1) is 21.5. The highest BCUT2D eigenvalue weighted by Gasteiger charge is 2.44. The molecule has 244 valence electrons. The number of ether oxygens (including phenoxy) is 1. The number of nitrogens with two attached hydrogens (primary N) is 1. The number of rotatable bonds is 13. The minimum Gasteiger partial charge on any atom is -0.510 e. The van der Waals surface area contributed by atoms with Crippen LogP contribution in [0.1, 0.15) is 76.5 Å². The van der Waals surface area contributed by atoms with E-state index >= 15 is 0 Å². The molecular formula is C35H49N5O4S. The first-order valence-electron chi connectivity index (χ1n) is 15.9. The minimum absolute atomic E-state index is 0.0365. The van der Waals surface area contributed by atoms with Gasteiger partial charge < -0.3 is 31.5 Å². The van der Waals surface area contributed by atoms with Crippen molar-refractivity contribution >= 4 is 29.3 Å². The number of hydrogen-bond donors (Lipinski definition) is 6. The molecule has 1 aliphatic carbocycles. The Morgan fingerprint density at radius 1 is 1.13 bits per heavy atom. The van der Waals surface area contributed by atoms with Crippen LogP contribution >= 0.6 is 11.8 Å². The number of carbonyl (C=O) groups excluding carboxylic acids is 2. The summed E-state index contributed by atoms with van der Waals surface area (Å²) in [6.07, 6.45) is 5.72. The molecule has 2 aromatic rings. The zero-order chi connectivity index (χ0) is 32.4. The van der Waals surface area contributed by atoms with Crippen LogP contribution in [0.5, 0.6) is 0 Å². The number of unbranched alkanes of at least 4 members (excludes halogenated alkanes) is 1. The van der Waals surface area contributed by atoms with Gasteiger partial charge in [0.1, 0.15) is 17.9 Å². The number of thioether (sulfide) groups is 1. The number of carbonyl (C=O) groups is 2. The quantitative estimate of drug-likeness (QED) is 0.0973. The minimum atomic E-state index is -0.482. The fraction of sp³-hybridized carbons (Fsp3) is 0.486. The first kappa shape index (κ1) is 34.4. The van der Waals surface area contributed by atoms with E-state index in [9.17, 15) is 14.7 Å². The second kappa shape index (κ2) is 16.2. The maximum absolute atomic E-state index is 13.2. The van der Waals surface area contributed by atoms with Gasteiger partial charge in [-0.2, -0.15) is 0 Å². The molecule has 2 heterocycles. The molecule has 3 fully saturated rings. The number of nitrogens with one attached hydrogen (secondary N) is 4. The van der Waals surface area contributed by atoms with Gasteiger partial charge in [-0.15, -0.1) is 11.8 Å². The largest absolute Gasteiger partial charge is 0.510 e. The Morgan fingerprint density at radius 2 is 1.82 bits per heavy atom. The number of epoxide rings is 1. The van der Waals surface area contributed by atoms with E-state index in [1.807, 2.05) is 42.5 Å². The molecule has 0 aromatic heterocycles. The van der Waals surface area contributed by atoms with Crippen LogP contribution < -0.4 is 27.0 Å². The van der Waals surface area contributed by atoms with Gasteiger partial charge in [-0.05, 0) is 88.1 Å². The Hall–Kier alpha value is -3.47. The fourth-order valence-electron chi connectivity index (χ4n) is 5.46.